The van der Waals surface area contributed by atoms with Crippen molar-refractivity contribution in [3.05, 3.63) is 33.4 Å². The van der Waals surface area contributed by atoms with Crippen LogP contribution >= 0.6 is 0 Å². The summed E-state index contributed by atoms with van der Waals surface area (Å²) in [6.07, 6.45) is 0. The van der Waals surface area contributed by atoms with Gasteiger partial charge >= 0.3 is 0 Å². The van der Waals surface area contributed by atoms with E-state index >= 15 is 0 Å². The number of rotatable bonds is 2. The lowest BCUT2D eigenvalue weighted by atomic mass is 10.1. The molecule has 1 aromatic carbocycles. The van der Waals surface area contributed by atoms with E-state index in [1.165, 1.54) is 11.0 Å². The third-order valence-electron chi connectivity index (χ3n) is 2.03. The van der Waals surface area contributed by atoms with E-state index in [1.807, 2.05) is 6.07 Å². The fourth-order valence-electron chi connectivity index (χ4n) is 1.27. The molecule has 0 bridgehead atoms. The van der Waals surface area contributed by atoms with E-state index in [9.17, 15) is 10.1 Å². The highest BCUT2D eigenvalue weighted by molar-refractivity contribution is 5.69. The molecule has 6 heteroatoms. The quantitative estimate of drug-likeness (QED) is 0.550. The highest BCUT2D eigenvalue weighted by atomic mass is 16.6. The Morgan fingerprint density at radius 2 is 1.75 bits per heavy atom. The molecule has 80 valence electrons. The van der Waals surface area contributed by atoms with E-state index in [2.05, 4.69) is 0 Å². The van der Waals surface area contributed by atoms with Gasteiger partial charge in [0.25, 0.3) is 5.69 Å². The van der Waals surface area contributed by atoms with Gasteiger partial charge in [0.05, 0.1) is 16.1 Å². The van der Waals surface area contributed by atoms with E-state index in [1.54, 1.807) is 20.2 Å². The molecule has 0 aliphatic rings. The van der Waals surface area contributed by atoms with Gasteiger partial charge < -0.3 is 4.90 Å². The van der Waals surface area contributed by atoms with Crippen molar-refractivity contribution in [3.63, 3.8) is 0 Å². The molecule has 0 aliphatic heterocycles. The summed E-state index contributed by atoms with van der Waals surface area (Å²) in [6.45, 7) is 0. The van der Waals surface area contributed by atoms with Gasteiger partial charge in [-0.25, -0.2) is 0 Å². The molecule has 0 unspecified atom stereocenters. The molecule has 0 aliphatic carbocycles. The van der Waals surface area contributed by atoms with E-state index in [-0.39, 0.29) is 16.8 Å². The van der Waals surface area contributed by atoms with Gasteiger partial charge in [-0.05, 0) is 6.07 Å². The molecule has 0 atom stereocenters. The van der Waals surface area contributed by atoms with Gasteiger partial charge in [0.2, 0.25) is 0 Å². The minimum Gasteiger partial charge on any atom is -0.372 e. The summed E-state index contributed by atoms with van der Waals surface area (Å²) in [4.78, 5) is 11.7. The summed E-state index contributed by atoms with van der Waals surface area (Å²) in [7, 11) is 3.27. The normalized spacial score (nSPS) is 9.00. The van der Waals surface area contributed by atoms with Crippen LogP contribution in [0.3, 0.4) is 0 Å². The molecule has 0 radical (unpaired) electrons. The Hall–Kier alpha value is -2.60. The molecule has 1 rings (SSSR count). The number of nitro benzene ring substituents is 1. The maximum atomic E-state index is 10.8. The third kappa shape index (κ3) is 1.91. The van der Waals surface area contributed by atoms with Crippen LogP contribution in [0.1, 0.15) is 11.1 Å². The van der Waals surface area contributed by atoms with Crippen LogP contribution in [0.2, 0.25) is 0 Å². The highest BCUT2D eigenvalue weighted by Crippen LogP contribution is 2.29. The number of hydrogen-bond acceptors (Lipinski definition) is 5. The van der Waals surface area contributed by atoms with Crippen LogP contribution in [0, 0.1) is 32.8 Å². The molecule has 0 N–H and O–H groups in total. The van der Waals surface area contributed by atoms with Crippen LogP contribution in [-0.2, 0) is 0 Å². The number of anilines is 1. The van der Waals surface area contributed by atoms with E-state index in [0.717, 1.165) is 6.07 Å². The van der Waals surface area contributed by atoms with Gasteiger partial charge in [-0.1, -0.05) is 0 Å². The summed E-state index contributed by atoms with van der Waals surface area (Å²) in [5, 5.41) is 28.3. The molecule has 0 aromatic heterocycles. The van der Waals surface area contributed by atoms with Gasteiger partial charge in [-0.15, -0.1) is 0 Å². The zero-order valence-electron chi connectivity index (χ0n) is 8.76. The Kier molecular flexibility index (Phi) is 3.07. The van der Waals surface area contributed by atoms with Crippen LogP contribution in [0.15, 0.2) is 12.1 Å². The molecular weight excluding hydrogens is 208 g/mol. The molecule has 0 saturated heterocycles. The smallest absolute Gasteiger partial charge is 0.293 e. The van der Waals surface area contributed by atoms with Crippen molar-refractivity contribution < 1.29 is 4.92 Å². The van der Waals surface area contributed by atoms with E-state index in [4.69, 9.17) is 10.5 Å². The predicted molar refractivity (Wildman–Crippen MR) is 56.9 cm³/mol. The van der Waals surface area contributed by atoms with E-state index < -0.39 is 4.92 Å². The molecule has 1 aromatic rings. The lowest BCUT2D eigenvalue weighted by molar-refractivity contribution is -0.384. The highest BCUT2D eigenvalue weighted by Gasteiger charge is 2.19. The molecule has 16 heavy (non-hydrogen) atoms. The monoisotopic (exact) mass is 216 g/mol. The van der Waals surface area contributed by atoms with Crippen LogP contribution in [0.5, 0.6) is 0 Å². The van der Waals surface area contributed by atoms with Crippen molar-refractivity contribution in [2.45, 2.75) is 0 Å². The zero-order valence-corrected chi connectivity index (χ0v) is 8.76. The van der Waals surface area contributed by atoms with Crippen molar-refractivity contribution in [3.8, 4) is 12.1 Å². The average Bonchev–Trinajstić information content (AvgIpc) is 2.26. The Bertz CT molecular complexity index is 523. The second-order valence-corrected chi connectivity index (χ2v) is 3.26. The van der Waals surface area contributed by atoms with Crippen LogP contribution in [-0.4, -0.2) is 19.0 Å². The minimum absolute atomic E-state index is 0.0137. The largest absolute Gasteiger partial charge is 0.372 e. The maximum Gasteiger partial charge on any atom is 0.293 e. The lowest BCUT2D eigenvalue weighted by Gasteiger charge is -2.13. The van der Waals surface area contributed by atoms with Crippen molar-refractivity contribution >= 4 is 11.4 Å². The molecule has 0 spiro atoms. The number of nitrogens with zero attached hydrogens (tertiary/aromatic N) is 4. The van der Waals surface area contributed by atoms with Crippen LogP contribution in [0.4, 0.5) is 11.4 Å². The topological polar surface area (TPSA) is 94.0 Å². The predicted octanol–water partition coefficient (Wildman–Crippen LogP) is 1.40. The zero-order chi connectivity index (χ0) is 12.3. The molecular formula is C10H8N4O2. The summed E-state index contributed by atoms with van der Waals surface area (Å²) in [5.41, 5.74) is 0.276. The minimum atomic E-state index is -0.572. The van der Waals surface area contributed by atoms with Crippen molar-refractivity contribution in [1.82, 2.24) is 0 Å². The van der Waals surface area contributed by atoms with Gasteiger partial charge in [0.1, 0.15) is 17.8 Å². The van der Waals surface area contributed by atoms with Crippen molar-refractivity contribution in [2.24, 2.45) is 0 Å². The standard InChI is InChI=1S/C10H8N4O2/c1-13(2)9-3-7(5-11)8(6-12)4-10(9)14(15)16/h3-4H,1-2H3. The Labute approximate surface area is 92.1 Å². The number of nitriles is 2. The van der Waals surface area contributed by atoms with Gasteiger partial charge in [-0.2, -0.15) is 10.5 Å². The van der Waals surface area contributed by atoms with Gasteiger partial charge in [-0.3, -0.25) is 10.1 Å². The summed E-state index contributed by atoms with van der Waals surface area (Å²) < 4.78 is 0. The first kappa shape index (κ1) is 11.5. The average molecular weight is 216 g/mol. The molecule has 0 amide bonds. The molecule has 6 nitrogen and oxygen atoms in total. The molecule has 0 heterocycles. The number of hydrogen-bond donors (Lipinski definition) is 0. The van der Waals surface area contributed by atoms with Crippen LogP contribution < -0.4 is 4.90 Å². The van der Waals surface area contributed by atoms with Crippen molar-refractivity contribution in [2.75, 3.05) is 19.0 Å². The number of nitro groups is 1. The molecule has 0 saturated carbocycles. The fraction of sp³-hybridized carbons (Fsp3) is 0.200. The van der Waals surface area contributed by atoms with E-state index in [0.29, 0.717) is 5.69 Å². The number of benzene rings is 1. The van der Waals surface area contributed by atoms with Crippen molar-refractivity contribution in [1.29, 1.82) is 10.5 Å². The fourth-order valence-corrected chi connectivity index (χ4v) is 1.27. The Morgan fingerprint density at radius 3 is 2.12 bits per heavy atom. The first-order valence-electron chi connectivity index (χ1n) is 4.31. The SMILES string of the molecule is CN(C)c1cc(C#N)c(C#N)cc1[N+](=O)[O-]. The second kappa shape index (κ2) is 4.28. The Morgan fingerprint density at radius 1 is 1.25 bits per heavy atom. The first-order valence-corrected chi connectivity index (χ1v) is 4.31. The lowest BCUT2D eigenvalue weighted by Crippen LogP contribution is -2.11. The second-order valence-electron chi connectivity index (χ2n) is 3.26. The van der Waals surface area contributed by atoms with Gasteiger partial charge in [0.15, 0.2) is 0 Å². The Balaban J connectivity index is 3.57. The first-order chi connectivity index (χ1) is 7.51. The third-order valence-corrected chi connectivity index (χ3v) is 2.03. The molecule has 0 fully saturated rings. The van der Waals surface area contributed by atoms with Crippen LogP contribution in [0.25, 0.3) is 0 Å². The summed E-state index contributed by atoms with van der Waals surface area (Å²) in [6, 6.07) is 6.06. The maximum absolute atomic E-state index is 10.8. The van der Waals surface area contributed by atoms with Gasteiger partial charge in [0, 0.05) is 20.2 Å². The summed E-state index contributed by atoms with van der Waals surface area (Å²) >= 11 is 0. The summed E-state index contributed by atoms with van der Waals surface area (Å²) in [5.74, 6) is 0.